The molecule has 0 aromatic heterocycles. The Morgan fingerprint density at radius 1 is 1.19 bits per heavy atom. The van der Waals surface area contributed by atoms with Crippen LogP contribution >= 0.6 is 0 Å². The Kier molecular flexibility index (Phi) is 5.17. The molecule has 2 nitrogen and oxygen atoms in total. The summed E-state index contributed by atoms with van der Waals surface area (Å²) in [4.78, 5) is 0. The smallest absolute Gasteiger partial charge is 0 e. The summed E-state index contributed by atoms with van der Waals surface area (Å²) in [6.45, 7) is 8.59. The van der Waals surface area contributed by atoms with Crippen molar-refractivity contribution in [2.45, 2.75) is 33.4 Å². The third-order valence-corrected chi connectivity index (χ3v) is 3.00. The molecule has 92 valence electrons. The maximum atomic E-state index is 4.64. The molecule has 0 radical (unpaired) electrons. The van der Waals surface area contributed by atoms with Crippen LogP contribution in [-0.2, 0) is 21.1 Å². The number of nitrogens with zero attached hydrogens (tertiary/aromatic N) is 1. The average molecular weight is 398 g/mol. The molecule has 3 heteroatoms. The molecule has 0 aliphatic carbocycles. The predicted molar refractivity (Wildman–Crippen MR) is 64.2 cm³/mol. The normalized spacial score (nSPS) is 20.3. The molecule has 1 aliphatic rings. The minimum absolute atomic E-state index is 0. The van der Waals surface area contributed by atoms with Crippen molar-refractivity contribution in [3.63, 3.8) is 0 Å². The second-order valence-corrected chi connectivity index (χ2v) is 4.43. The van der Waals surface area contributed by atoms with Crippen molar-refractivity contribution in [3.8, 4) is 0 Å². The van der Waals surface area contributed by atoms with Crippen molar-refractivity contribution in [1.82, 2.24) is 5.32 Å². The van der Waals surface area contributed by atoms with Crippen LogP contribution in [0.15, 0.2) is 12.1 Å². The minimum Gasteiger partial charge on any atom is -0.643 e. The molecular weight excluding hydrogens is 379 g/mol. The first-order valence-electron chi connectivity index (χ1n) is 5.66. The molecule has 0 bridgehead atoms. The molecule has 1 saturated heterocycles. The van der Waals surface area contributed by atoms with E-state index in [0.717, 1.165) is 13.1 Å². The van der Waals surface area contributed by atoms with Gasteiger partial charge in [-0.25, -0.2) is 0 Å². The summed E-state index contributed by atoms with van der Waals surface area (Å²) in [5.74, 6) is 0. The Bertz CT molecular complexity index is 334. The van der Waals surface area contributed by atoms with Crippen molar-refractivity contribution in [2.24, 2.45) is 0 Å². The molecule has 1 unspecified atom stereocenters. The summed E-state index contributed by atoms with van der Waals surface area (Å²) in [5.41, 5.74) is 5.43. The van der Waals surface area contributed by atoms with Gasteiger partial charge in [0.25, 0.3) is 0 Å². The molecule has 0 amide bonds. The van der Waals surface area contributed by atoms with Gasteiger partial charge in [0.15, 0.2) is 0 Å². The number of hydrogen-bond acceptors (Lipinski definition) is 1. The van der Waals surface area contributed by atoms with Gasteiger partial charge in [0.1, 0.15) is 0 Å². The van der Waals surface area contributed by atoms with Gasteiger partial charge in [-0.15, -0.1) is 6.54 Å². The topological polar surface area (TPSA) is 26.1 Å². The Balaban J connectivity index is 0.00000128. The number of benzene rings is 1. The Hall–Kier alpha value is -0.172. The van der Waals surface area contributed by atoms with Gasteiger partial charge in [-0.2, -0.15) is 0 Å². The van der Waals surface area contributed by atoms with E-state index in [1.807, 2.05) is 0 Å². The molecule has 1 aromatic rings. The monoisotopic (exact) mass is 398 g/mol. The van der Waals surface area contributed by atoms with E-state index in [2.05, 4.69) is 43.5 Å². The fourth-order valence-corrected chi connectivity index (χ4v) is 2.42. The Morgan fingerprint density at radius 3 is 2.31 bits per heavy atom. The molecule has 1 atom stereocenters. The summed E-state index contributed by atoms with van der Waals surface area (Å²) in [5, 5.41) is 8.11. The second kappa shape index (κ2) is 5.95. The van der Waals surface area contributed by atoms with Gasteiger partial charge in [-0.3, -0.25) is 0 Å². The van der Waals surface area contributed by atoms with E-state index in [0.29, 0.717) is 0 Å². The third-order valence-electron chi connectivity index (χ3n) is 3.00. The van der Waals surface area contributed by atoms with Crippen LogP contribution in [-0.4, -0.2) is 13.1 Å². The minimum atomic E-state index is 0. The van der Waals surface area contributed by atoms with E-state index in [1.54, 1.807) is 0 Å². The van der Waals surface area contributed by atoms with Crippen LogP contribution in [0.5, 0.6) is 0 Å². The zero-order chi connectivity index (χ0) is 10.8. The van der Waals surface area contributed by atoms with Gasteiger partial charge < -0.3 is 10.6 Å². The zero-order valence-electron chi connectivity index (χ0n) is 10.1. The van der Waals surface area contributed by atoms with Gasteiger partial charge in [-0.05, 0) is 44.0 Å². The zero-order valence-corrected chi connectivity index (χ0v) is 12.4. The molecule has 16 heavy (non-hydrogen) atoms. The molecular formula is C13H19N2Pt-. The fourth-order valence-electron chi connectivity index (χ4n) is 2.42. The first kappa shape index (κ1) is 13.9. The first-order chi connectivity index (χ1) is 7.18. The van der Waals surface area contributed by atoms with E-state index in [4.69, 9.17) is 0 Å². The van der Waals surface area contributed by atoms with E-state index in [-0.39, 0.29) is 27.2 Å². The van der Waals surface area contributed by atoms with Crippen molar-refractivity contribution in [3.05, 3.63) is 39.7 Å². The Morgan fingerprint density at radius 2 is 1.81 bits per heavy atom. The summed E-state index contributed by atoms with van der Waals surface area (Å²) in [7, 11) is 0. The van der Waals surface area contributed by atoms with E-state index >= 15 is 0 Å². The van der Waals surface area contributed by atoms with Crippen LogP contribution in [0.4, 0.5) is 0 Å². The molecule has 1 heterocycles. The number of hydrogen-bond donors (Lipinski definition) is 1. The van der Waals surface area contributed by atoms with Gasteiger partial charge in [-0.1, -0.05) is 30.3 Å². The van der Waals surface area contributed by atoms with Crippen LogP contribution in [0, 0.1) is 20.8 Å². The first-order valence-corrected chi connectivity index (χ1v) is 5.66. The number of nitrogens with one attached hydrogen (secondary N) is 1. The van der Waals surface area contributed by atoms with Crippen molar-refractivity contribution in [1.29, 1.82) is 0 Å². The molecule has 1 aliphatic heterocycles. The maximum Gasteiger partial charge on any atom is 0 e. The van der Waals surface area contributed by atoms with Crippen LogP contribution in [0.25, 0.3) is 5.32 Å². The molecule has 1 fully saturated rings. The number of rotatable bonds is 1. The summed E-state index contributed by atoms with van der Waals surface area (Å²) in [6, 6.07) is 4.49. The van der Waals surface area contributed by atoms with Gasteiger partial charge in [0, 0.05) is 21.1 Å². The third kappa shape index (κ3) is 2.94. The molecule has 2 rings (SSSR count). The van der Waals surface area contributed by atoms with E-state index < -0.39 is 0 Å². The molecule has 1 aromatic carbocycles. The summed E-state index contributed by atoms with van der Waals surface area (Å²) in [6.07, 6.45) is 1.39. The summed E-state index contributed by atoms with van der Waals surface area (Å²) < 4.78 is 0. The fraction of sp³-hybridized carbons (Fsp3) is 0.538. The van der Waals surface area contributed by atoms with Crippen LogP contribution < -0.4 is 5.32 Å². The average Bonchev–Trinajstić information content (AvgIpc) is 2.17. The molecule has 0 saturated carbocycles. The predicted octanol–water partition coefficient (Wildman–Crippen LogP) is 2.97. The maximum absolute atomic E-state index is 4.64. The van der Waals surface area contributed by atoms with Crippen LogP contribution in [0.3, 0.4) is 0 Å². The van der Waals surface area contributed by atoms with Crippen molar-refractivity contribution >= 4 is 0 Å². The Labute approximate surface area is 112 Å². The van der Waals surface area contributed by atoms with Gasteiger partial charge in [0.05, 0.1) is 0 Å². The van der Waals surface area contributed by atoms with Crippen LogP contribution in [0.2, 0.25) is 0 Å². The molecule has 0 spiro atoms. The van der Waals surface area contributed by atoms with E-state index in [1.165, 1.54) is 28.7 Å². The standard InChI is InChI=1S/C13H19N2.Pt/c1-9-7-10(2)12(11(3)8-9)13-14-5-4-6-15-13;/h7-8,13-14H,4-6H2,1-3H3;/q-1;. The van der Waals surface area contributed by atoms with Gasteiger partial charge >= 0.3 is 0 Å². The van der Waals surface area contributed by atoms with Gasteiger partial charge in [0.2, 0.25) is 0 Å². The summed E-state index contributed by atoms with van der Waals surface area (Å²) >= 11 is 0. The van der Waals surface area contributed by atoms with Crippen molar-refractivity contribution < 1.29 is 21.1 Å². The van der Waals surface area contributed by atoms with E-state index in [9.17, 15) is 0 Å². The second-order valence-electron chi connectivity index (χ2n) is 4.43. The quantitative estimate of drug-likeness (QED) is 0.774. The number of aryl methyl sites for hydroxylation is 3. The van der Waals surface area contributed by atoms with Crippen molar-refractivity contribution in [2.75, 3.05) is 13.1 Å². The van der Waals surface area contributed by atoms with Crippen LogP contribution in [0.1, 0.15) is 34.8 Å². The molecule has 1 N–H and O–H groups in total. The largest absolute Gasteiger partial charge is 0.643 e. The SMILES string of the molecule is Cc1cc(C)c(C2[N-]CCCN2)c(C)c1.[Pt].